The Bertz CT molecular complexity index is 939. The quantitative estimate of drug-likeness (QED) is 0.462. The zero-order valence-corrected chi connectivity index (χ0v) is 18.0. The molecule has 142 valence electrons. The fraction of sp³-hybridized carbons (Fsp3) is 0.333. The van der Waals surface area contributed by atoms with E-state index in [-0.39, 0.29) is 12.5 Å². The van der Waals surface area contributed by atoms with Gasteiger partial charge in [0.25, 0.3) is 5.91 Å². The number of carbonyl (C=O) groups is 1. The van der Waals surface area contributed by atoms with Crippen LogP contribution in [-0.2, 0) is 17.6 Å². The Labute approximate surface area is 172 Å². The van der Waals surface area contributed by atoms with E-state index in [4.69, 9.17) is 4.74 Å². The topological polar surface area (TPSA) is 51.2 Å². The van der Waals surface area contributed by atoms with E-state index >= 15 is 0 Å². The van der Waals surface area contributed by atoms with Crippen LogP contribution in [-0.4, -0.2) is 17.5 Å². The van der Waals surface area contributed by atoms with Crippen molar-refractivity contribution in [1.29, 1.82) is 0 Å². The third kappa shape index (κ3) is 5.30. The van der Waals surface area contributed by atoms with Crippen LogP contribution in [0.2, 0.25) is 0 Å². The Morgan fingerprint density at radius 1 is 1.22 bits per heavy atom. The largest absolute Gasteiger partial charge is 0.483 e. The second-order valence-corrected chi connectivity index (χ2v) is 8.31. The number of halogens is 1. The molecule has 1 heterocycles. The van der Waals surface area contributed by atoms with Crippen LogP contribution in [0.4, 0.5) is 5.13 Å². The predicted molar refractivity (Wildman–Crippen MR) is 116 cm³/mol. The molecule has 0 aliphatic heterocycles. The third-order valence-electron chi connectivity index (χ3n) is 4.28. The molecule has 0 fully saturated rings. The second kappa shape index (κ2) is 9.33. The van der Waals surface area contributed by atoms with E-state index in [2.05, 4.69) is 52.2 Å². The van der Waals surface area contributed by atoms with Crippen molar-refractivity contribution in [3.63, 3.8) is 0 Å². The van der Waals surface area contributed by atoms with Gasteiger partial charge in [-0.1, -0.05) is 53.6 Å². The molecule has 0 spiro atoms. The van der Waals surface area contributed by atoms with Gasteiger partial charge in [-0.05, 0) is 60.7 Å². The summed E-state index contributed by atoms with van der Waals surface area (Å²) in [5.74, 6) is 0.533. The van der Waals surface area contributed by atoms with Gasteiger partial charge in [0.2, 0.25) is 0 Å². The standard InChI is InChI=1S/C21H23BrN2O2S/c1-3-5-6-14-7-9-17-19(11-14)27-21(23-17)24-20(25)13-26-18-10-8-16(22)12-15(18)4-2/h7-12H,3-6,13H2,1-2H3,(H,23,24,25). The maximum atomic E-state index is 12.3. The summed E-state index contributed by atoms with van der Waals surface area (Å²) in [5, 5.41) is 3.46. The van der Waals surface area contributed by atoms with E-state index in [1.54, 1.807) is 0 Å². The SMILES string of the molecule is CCCCc1ccc2nc(NC(=O)COc3ccc(Br)cc3CC)sc2c1. The Morgan fingerprint density at radius 2 is 2.07 bits per heavy atom. The highest BCUT2D eigenvalue weighted by Gasteiger charge is 2.10. The summed E-state index contributed by atoms with van der Waals surface area (Å²) < 4.78 is 7.80. The van der Waals surface area contributed by atoms with E-state index in [9.17, 15) is 4.79 Å². The highest BCUT2D eigenvalue weighted by Crippen LogP contribution is 2.28. The number of anilines is 1. The number of aromatic nitrogens is 1. The Morgan fingerprint density at radius 3 is 2.85 bits per heavy atom. The normalized spacial score (nSPS) is 10.9. The highest BCUT2D eigenvalue weighted by atomic mass is 79.9. The summed E-state index contributed by atoms with van der Waals surface area (Å²) >= 11 is 4.95. The van der Waals surface area contributed by atoms with Crippen LogP contribution in [0.25, 0.3) is 10.2 Å². The Hall–Kier alpha value is -1.92. The Kier molecular flexibility index (Phi) is 6.85. The van der Waals surface area contributed by atoms with E-state index in [1.807, 2.05) is 24.3 Å². The molecule has 4 nitrogen and oxygen atoms in total. The fourth-order valence-electron chi connectivity index (χ4n) is 2.82. The number of amides is 1. The van der Waals surface area contributed by atoms with E-state index in [0.29, 0.717) is 5.13 Å². The molecule has 0 unspecified atom stereocenters. The minimum Gasteiger partial charge on any atom is -0.483 e. The van der Waals surface area contributed by atoms with Crippen molar-refractivity contribution in [1.82, 2.24) is 4.98 Å². The zero-order valence-electron chi connectivity index (χ0n) is 15.5. The van der Waals surface area contributed by atoms with Gasteiger partial charge in [0.1, 0.15) is 5.75 Å². The van der Waals surface area contributed by atoms with E-state index < -0.39 is 0 Å². The molecule has 0 atom stereocenters. The van der Waals surface area contributed by atoms with Crippen LogP contribution < -0.4 is 10.1 Å². The number of nitrogens with zero attached hydrogens (tertiary/aromatic N) is 1. The molecule has 1 N–H and O–H groups in total. The summed E-state index contributed by atoms with van der Waals surface area (Å²) in [5.41, 5.74) is 3.30. The first-order chi connectivity index (χ1) is 13.1. The van der Waals surface area contributed by atoms with Crippen LogP contribution in [0, 0.1) is 0 Å². The first-order valence-electron chi connectivity index (χ1n) is 9.19. The molecular weight excluding hydrogens is 424 g/mol. The maximum Gasteiger partial charge on any atom is 0.264 e. The van der Waals surface area contributed by atoms with Gasteiger partial charge >= 0.3 is 0 Å². The van der Waals surface area contributed by atoms with Gasteiger partial charge < -0.3 is 4.74 Å². The molecule has 0 bridgehead atoms. The molecule has 0 saturated carbocycles. The maximum absolute atomic E-state index is 12.3. The van der Waals surface area contributed by atoms with Crippen molar-refractivity contribution in [2.45, 2.75) is 39.5 Å². The van der Waals surface area contributed by atoms with Crippen molar-refractivity contribution in [3.8, 4) is 5.75 Å². The molecule has 0 radical (unpaired) electrons. The smallest absolute Gasteiger partial charge is 0.264 e. The lowest BCUT2D eigenvalue weighted by Gasteiger charge is -2.10. The third-order valence-corrected chi connectivity index (χ3v) is 5.71. The van der Waals surface area contributed by atoms with Crippen LogP contribution in [0.5, 0.6) is 5.75 Å². The number of unbranched alkanes of at least 4 members (excludes halogenated alkanes) is 1. The van der Waals surface area contributed by atoms with Gasteiger partial charge in [0, 0.05) is 4.47 Å². The van der Waals surface area contributed by atoms with Crippen molar-refractivity contribution in [2.24, 2.45) is 0 Å². The number of benzene rings is 2. The van der Waals surface area contributed by atoms with Crippen LogP contribution in [0.3, 0.4) is 0 Å². The van der Waals surface area contributed by atoms with Crippen molar-refractivity contribution in [3.05, 3.63) is 52.0 Å². The van der Waals surface area contributed by atoms with Crippen molar-refractivity contribution >= 4 is 48.5 Å². The van der Waals surface area contributed by atoms with Gasteiger partial charge in [0.05, 0.1) is 10.2 Å². The molecule has 6 heteroatoms. The molecule has 0 aliphatic carbocycles. The van der Waals surface area contributed by atoms with Gasteiger partial charge in [-0.3, -0.25) is 10.1 Å². The highest BCUT2D eigenvalue weighted by molar-refractivity contribution is 9.10. The number of aryl methyl sites for hydroxylation is 2. The van der Waals surface area contributed by atoms with Gasteiger partial charge in [-0.25, -0.2) is 4.98 Å². The van der Waals surface area contributed by atoms with Crippen molar-refractivity contribution in [2.75, 3.05) is 11.9 Å². The van der Waals surface area contributed by atoms with Crippen LogP contribution in [0.1, 0.15) is 37.8 Å². The van der Waals surface area contributed by atoms with Crippen LogP contribution >= 0.6 is 27.3 Å². The number of fused-ring (bicyclic) bond motifs is 1. The number of rotatable bonds is 8. The van der Waals surface area contributed by atoms with Gasteiger partial charge in [-0.2, -0.15) is 0 Å². The minimum atomic E-state index is -0.203. The molecule has 3 rings (SSSR count). The zero-order chi connectivity index (χ0) is 19.2. The minimum absolute atomic E-state index is 0.0354. The Balaban J connectivity index is 1.62. The summed E-state index contributed by atoms with van der Waals surface area (Å²) in [6.07, 6.45) is 4.28. The molecule has 1 aromatic heterocycles. The number of hydrogen-bond acceptors (Lipinski definition) is 4. The lowest BCUT2D eigenvalue weighted by molar-refractivity contribution is -0.118. The fourth-order valence-corrected chi connectivity index (χ4v) is 4.18. The lowest BCUT2D eigenvalue weighted by atomic mass is 10.1. The summed E-state index contributed by atoms with van der Waals surface area (Å²) in [6, 6.07) is 12.1. The number of nitrogens with one attached hydrogen (secondary N) is 1. The average molecular weight is 447 g/mol. The van der Waals surface area contributed by atoms with E-state index in [0.717, 1.165) is 38.8 Å². The first-order valence-corrected chi connectivity index (χ1v) is 10.8. The molecule has 27 heavy (non-hydrogen) atoms. The average Bonchev–Trinajstić information content (AvgIpc) is 3.06. The second-order valence-electron chi connectivity index (χ2n) is 6.37. The van der Waals surface area contributed by atoms with Gasteiger partial charge in [0.15, 0.2) is 11.7 Å². The number of hydrogen-bond donors (Lipinski definition) is 1. The van der Waals surface area contributed by atoms with E-state index in [1.165, 1.54) is 29.7 Å². The molecular formula is C21H23BrN2O2S. The summed E-state index contributed by atoms with van der Waals surface area (Å²) in [4.78, 5) is 16.8. The molecule has 0 aliphatic rings. The monoisotopic (exact) mass is 446 g/mol. The molecule has 1 amide bonds. The van der Waals surface area contributed by atoms with Crippen molar-refractivity contribution < 1.29 is 9.53 Å². The molecule has 2 aromatic carbocycles. The van der Waals surface area contributed by atoms with Crippen LogP contribution in [0.15, 0.2) is 40.9 Å². The molecule has 0 saturated heterocycles. The lowest BCUT2D eigenvalue weighted by Crippen LogP contribution is -2.20. The number of ether oxygens (including phenoxy) is 1. The summed E-state index contributed by atoms with van der Waals surface area (Å²) in [6.45, 7) is 4.22. The number of thiazole rings is 1. The molecule has 3 aromatic rings. The van der Waals surface area contributed by atoms with Gasteiger partial charge in [-0.15, -0.1) is 0 Å². The summed E-state index contributed by atoms with van der Waals surface area (Å²) in [7, 11) is 0. The number of carbonyl (C=O) groups excluding carboxylic acids is 1. The first kappa shape index (κ1) is 19.8. The predicted octanol–water partition coefficient (Wildman–Crippen LogP) is 5.98.